The normalized spacial score (nSPS) is 10.7. The molecule has 0 saturated heterocycles. The van der Waals surface area contributed by atoms with Gasteiger partial charge in [-0.3, -0.25) is 4.79 Å². The zero-order valence-corrected chi connectivity index (χ0v) is 15.4. The number of halogens is 1. The number of hydrogen-bond donors (Lipinski definition) is 1. The number of nitrogens with one attached hydrogen (secondary N) is 1. The molecule has 0 aliphatic carbocycles. The molecular weight excluding hydrogens is 351 g/mol. The third-order valence-electron chi connectivity index (χ3n) is 3.89. The quantitative estimate of drug-likeness (QED) is 0.670. The van der Waals surface area contributed by atoms with Crippen LogP contribution in [-0.4, -0.2) is 26.4 Å². The van der Waals surface area contributed by atoms with E-state index in [0.717, 1.165) is 17.0 Å². The van der Waals surface area contributed by atoms with E-state index in [1.807, 2.05) is 48.7 Å². The van der Waals surface area contributed by atoms with Crippen molar-refractivity contribution >= 4 is 23.4 Å². The number of amides is 1. The van der Waals surface area contributed by atoms with Gasteiger partial charge in [0.25, 0.3) is 0 Å². The van der Waals surface area contributed by atoms with Crippen LogP contribution in [0, 0.1) is 19.7 Å². The molecule has 0 bridgehead atoms. The summed E-state index contributed by atoms with van der Waals surface area (Å²) < 4.78 is 15.3. The van der Waals surface area contributed by atoms with Gasteiger partial charge in [-0.05, 0) is 37.1 Å². The average molecular weight is 370 g/mol. The summed E-state index contributed by atoms with van der Waals surface area (Å²) in [6.45, 7) is 4.35. The Morgan fingerprint density at radius 2 is 1.92 bits per heavy atom. The summed E-state index contributed by atoms with van der Waals surface area (Å²) in [6, 6.07) is 14.3. The van der Waals surface area contributed by atoms with Gasteiger partial charge in [0.05, 0.1) is 12.3 Å². The van der Waals surface area contributed by atoms with E-state index in [1.54, 1.807) is 6.07 Å². The molecule has 0 atom stereocenters. The van der Waals surface area contributed by atoms with Crippen LogP contribution in [0.2, 0.25) is 0 Å². The maximum Gasteiger partial charge on any atom is 0.234 e. The SMILES string of the molecule is Cc1ccc(F)cc1NC(=O)CSc1nnc(C)n1Cc1ccccc1. The van der Waals surface area contributed by atoms with Crippen LogP contribution in [0.4, 0.5) is 10.1 Å². The molecule has 1 heterocycles. The second-order valence-corrected chi connectivity index (χ2v) is 6.84. The maximum absolute atomic E-state index is 13.3. The van der Waals surface area contributed by atoms with E-state index in [2.05, 4.69) is 15.5 Å². The number of anilines is 1. The van der Waals surface area contributed by atoms with Crippen LogP contribution >= 0.6 is 11.8 Å². The highest BCUT2D eigenvalue weighted by atomic mass is 32.2. The first kappa shape index (κ1) is 18.1. The average Bonchev–Trinajstić information content (AvgIpc) is 2.97. The molecule has 3 aromatic rings. The van der Waals surface area contributed by atoms with Gasteiger partial charge in [-0.1, -0.05) is 48.2 Å². The largest absolute Gasteiger partial charge is 0.325 e. The standard InChI is InChI=1S/C19H19FN4OS/c1-13-8-9-16(20)10-17(13)21-18(25)12-26-19-23-22-14(2)24(19)11-15-6-4-3-5-7-15/h3-10H,11-12H2,1-2H3,(H,21,25). The van der Waals surface area contributed by atoms with E-state index < -0.39 is 0 Å². The maximum atomic E-state index is 13.3. The van der Waals surface area contributed by atoms with Gasteiger partial charge in [-0.2, -0.15) is 0 Å². The van der Waals surface area contributed by atoms with Gasteiger partial charge in [0, 0.05) is 5.69 Å². The topological polar surface area (TPSA) is 59.8 Å². The van der Waals surface area contributed by atoms with E-state index in [9.17, 15) is 9.18 Å². The third-order valence-corrected chi connectivity index (χ3v) is 4.86. The number of carbonyl (C=O) groups excluding carboxylic acids is 1. The smallest absolute Gasteiger partial charge is 0.234 e. The summed E-state index contributed by atoms with van der Waals surface area (Å²) in [5, 5.41) is 11.7. The lowest BCUT2D eigenvalue weighted by atomic mass is 10.2. The summed E-state index contributed by atoms with van der Waals surface area (Å²) in [7, 11) is 0. The highest BCUT2D eigenvalue weighted by molar-refractivity contribution is 7.99. The van der Waals surface area contributed by atoms with Gasteiger partial charge >= 0.3 is 0 Å². The fraction of sp³-hybridized carbons (Fsp3) is 0.211. The summed E-state index contributed by atoms with van der Waals surface area (Å²) in [6.07, 6.45) is 0. The van der Waals surface area contributed by atoms with Gasteiger partial charge in [0.15, 0.2) is 5.16 Å². The number of aromatic nitrogens is 3. The number of nitrogens with zero attached hydrogens (tertiary/aromatic N) is 3. The molecule has 0 unspecified atom stereocenters. The molecule has 7 heteroatoms. The summed E-state index contributed by atoms with van der Waals surface area (Å²) in [4.78, 5) is 12.2. The van der Waals surface area contributed by atoms with E-state index in [-0.39, 0.29) is 17.5 Å². The second-order valence-electron chi connectivity index (χ2n) is 5.90. The summed E-state index contributed by atoms with van der Waals surface area (Å²) >= 11 is 1.31. The Labute approximate surface area is 155 Å². The van der Waals surface area contributed by atoms with Crippen LogP contribution in [0.15, 0.2) is 53.7 Å². The van der Waals surface area contributed by atoms with E-state index in [1.165, 1.54) is 23.9 Å². The highest BCUT2D eigenvalue weighted by Gasteiger charge is 2.13. The van der Waals surface area contributed by atoms with Crippen molar-refractivity contribution in [2.75, 3.05) is 11.1 Å². The highest BCUT2D eigenvalue weighted by Crippen LogP contribution is 2.20. The number of thioether (sulfide) groups is 1. The van der Waals surface area contributed by atoms with E-state index in [4.69, 9.17) is 0 Å². The molecular formula is C19H19FN4OS. The molecule has 1 amide bonds. The number of hydrogen-bond acceptors (Lipinski definition) is 4. The molecule has 1 aromatic heterocycles. The molecule has 0 aliphatic rings. The summed E-state index contributed by atoms with van der Waals surface area (Å²) in [5.74, 6) is 0.369. The van der Waals surface area contributed by atoms with Gasteiger partial charge in [0.1, 0.15) is 11.6 Å². The molecule has 5 nitrogen and oxygen atoms in total. The van der Waals surface area contributed by atoms with Crippen molar-refractivity contribution in [2.24, 2.45) is 0 Å². The van der Waals surface area contributed by atoms with Gasteiger partial charge in [-0.15, -0.1) is 10.2 Å². The lowest BCUT2D eigenvalue weighted by Gasteiger charge is -2.10. The van der Waals surface area contributed by atoms with Crippen molar-refractivity contribution in [3.63, 3.8) is 0 Å². The fourth-order valence-corrected chi connectivity index (χ4v) is 3.25. The van der Waals surface area contributed by atoms with Crippen molar-refractivity contribution in [2.45, 2.75) is 25.5 Å². The Morgan fingerprint density at radius 1 is 1.15 bits per heavy atom. The molecule has 0 aliphatic heterocycles. The molecule has 3 rings (SSSR count). The van der Waals surface area contributed by atoms with E-state index >= 15 is 0 Å². The molecule has 0 spiro atoms. The number of carbonyl (C=O) groups is 1. The van der Waals surface area contributed by atoms with Gasteiger partial charge in [0.2, 0.25) is 5.91 Å². The number of aryl methyl sites for hydroxylation is 2. The molecule has 26 heavy (non-hydrogen) atoms. The van der Waals surface area contributed by atoms with E-state index in [0.29, 0.717) is 17.4 Å². The molecule has 0 saturated carbocycles. The number of rotatable bonds is 6. The first-order valence-electron chi connectivity index (χ1n) is 8.15. The third kappa shape index (κ3) is 4.49. The molecule has 134 valence electrons. The lowest BCUT2D eigenvalue weighted by Crippen LogP contribution is -2.15. The van der Waals surface area contributed by atoms with Crippen molar-refractivity contribution in [1.29, 1.82) is 0 Å². The van der Waals surface area contributed by atoms with Crippen molar-refractivity contribution in [3.8, 4) is 0 Å². The first-order chi connectivity index (χ1) is 12.5. The lowest BCUT2D eigenvalue weighted by molar-refractivity contribution is -0.113. The molecule has 0 fully saturated rings. The van der Waals surface area contributed by atoms with Crippen LogP contribution in [0.1, 0.15) is 17.0 Å². The molecule has 1 N–H and O–H groups in total. The van der Waals surface area contributed by atoms with Gasteiger partial charge < -0.3 is 9.88 Å². The van der Waals surface area contributed by atoms with Gasteiger partial charge in [-0.25, -0.2) is 4.39 Å². The zero-order valence-electron chi connectivity index (χ0n) is 14.6. The molecule has 0 radical (unpaired) electrons. The van der Waals surface area contributed by atoms with Crippen molar-refractivity contribution in [1.82, 2.24) is 14.8 Å². The zero-order chi connectivity index (χ0) is 18.5. The minimum Gasteiger partial charge on any atom is -0.325 e. The van der Waals surface area contributed by atoms with Crippen LogP contribution in [0.3, 0.4) is 0 Å². The Morgan fingerprint density at radius 3 is 2.69 bits per heavy atom. The van der Waals surface area contributed by atoms with Crippen molar-refractivity contribution < 1.29 is 9.18 Å². The monoisotopic (exact) mass is 370 g/mol. The predicted octanol–water partition coefficient (Wildman–Crippen LogP) is 3.81. The Balaban J connectivity index is 1.64. The Hall–Kier alpha value is -2.67. The predicted molar refractivity (Wildman–Crippen MR) is 101 cm³/mol. The van der Waals surface area contributed by atoms with Crippen LogP contribution < -0.4 is 5.32 Å². The second kappa shape index (κ2) is 8.14. The van der Waals surface area contributed by atoms with Crippen LogP contribution in [0.25, 0.3) is 0 Å². The Kier molecular flexibility index (Phi) is 5.68. The minimum absolute atomic E-state index is 0.170. The first-order valence-corrected chi connectivity index (χ1v) is 9.14. The molecule has 2 aromatic carbocycles. The fourth-order valence-electron chi connectivity index (χ4n) is 2.46. The van der Waals surface area contributed by atoms with Crippen molar-refractivity contribution in [3.05, 3.63) is 71.3 Å². The number of benzene rings is 2. The Bertz CT molecular complexity index is 911. The minimum atomic E-state index is -0.378. The van der Waals surface area contributed by atoms with Crippen LogP contribution in [0.5, 0.6) is 0 Å². The van der Waals surface area contributed by atoms with Crippen LogP contribution in [-0.2, 0) is 11.3 Å². The summed E-state index contributed by atoms with van der Waals surface area (Å²) in [5.41, 5.74) is 2.43.